The first-order valence-electron chi connectivity index (χ1n) is 6.07. The van der Waals surface area contributed by atoms with Crippen LogP contribution in [0.1, 0.15) is 12.8 Å². The summed E-state index contributed by atoms with van der Waals surface area (Å²) in [4.78, 5) is 1.36. The highest BCUT2D eigenvalue weighted by Gasteiger charge is 2.19. The molecule has 0 saturated heterocycles. The van der Waals surface area contributed by atoms with Gasteiger partial charge in [-0.3, -0.25) is 0 Å². The Morgan fingerprint density at radius 3 is 2.62 bits per heavy atom. The molecule has 1 aromatic carbocycles. The zero-order valence-corrected chi connectivity index (χ0v) is 10.4. The van der Waals surface area contributed by atoms with Crippen LogP contribution in [0.2, 0.25) is 0 Å². The second-order valence-corrected chi connectivity index (χ2v) is 5.31. The predicted molar refractivity (Wildman–Crippen MR) is 71.1 cm³/mol. The molecule has 2 nitrogen and oxygen atoms in total. The Hall–Kier alpha value is -0.510. The summed E-state index contributed by atoms with van der Waals surface area (Å²) in [6.45, 7) is 3.29. The minimum Gasteiger partial charge on any atom is -0.315 e. The summed E-state index contributed by atoms with van der Waals surface area (Å²) in [5.74, 6) is 1.15. The van der Waals surface area contributed by atoms with Gasteiger partial charge in [-0.2, -0.15) is 0 Å². The molecule has 16 heavy (non-hydrogen) atoms. The molecule has 3 heteroatoms. The molecule has 1 saturated carbocycles. The molecule has 0 bridgehead atoms. The molecule has 0 radical (unpaired) electrons. The molecule has 1 aromatic rings. The van der Waals surface area contributed by atoms with Crippen LogP contribution in [0.5, 0.6) is 0 Å². The summed E-state index contributed by atoms with van der Waals surface area (Å²) in [6.07, 6.45) is 2.76. The Morgan fingerprint density at radius 2 is 1.88 bits per heavy atom. The van der Waals surface area contributed by atoms with Crippen LogP contribution in [0.25, 0.3) is 0 Å². The van der Waals surface area contributed by atoms with Gasteiger partial charge < -0.3 is 10.6 Å². The highest BCUT2D eigenvalue weighted by atomic mass is 32.2. The number of benzene rings is 1. The Bertz CT molecular complexity index is 285. The van der Waals surface area contributed by atoms with Crippen LogP contribution in [0.4, 0.5) is 0 Å². The first-order valence-corrected chi connectivity index (χ1v) is 7.05. The standard InChI is InChI=1S/C13H20N2S/c1-2-4-13(5-3-1)16-11-10-14-8-9-15-12-6-7-12/h1-5,12,14-15H,6-11H2. The summed E-state index contributed by atoms with van der Waals surface area (Å²) in [5, 5.41) is 6.95. The lowest BCUT2D eigenvalue weighted by atomic mass is 10.4. The van der Waals surface area contributed by atoms with E-state index in [1.54, 1.807) is 0 Å². The fraction of sp³-hybridized carbons (Fsp3) is 0.538. The first kappa shape index (κ1) is 12.0. The van der Waals surface area contributed by atoms with E-state index in [0.29, 0.717) is 0 Å². The van der Waals surface area contributed by atoms with Gasteiger partial charge in [-0.1, -0.05) is 18.2 Å². The SMILES string of the molecule is c1ccc(SCCNCCNC2CC2)cc1. The maximum atomic E-state index is 3.50. The molecule has 0 spiro atoms. The first-order chi connectivity index (χ1) is 7.95. The molecule has 2 N–H and O–H groups in total. The molecule has 1 aliphatic carbocycles. The lowest BCUT2D eigenvalue weighted by Gasteiger charge is -2.05. The largest absolute Gasteiger partial charge is 0.315 e. The van der Waals surface area contributed by atoms with Gasteiger partial charge in [0, 0.05) is 36.3 Å². The summed E-state index contributed by atoms with van der Waals surface area (Å²) in [6, 6.07) is 11.4. The van der Waals surface area contributed by atoms with Gasteiger partial charge in [-0.15, -0.1) is 11.8 Å². The van der Waals surface area contributed by atoms with Gasteiger partial charge in [0.15, 0.2) is 0 Å². The minimum absolute atomic E-state index is 0.834. The average Bonchev–Trinajstić information content (AvgIpc) is 3.13. The van der Waals surface area contributed by atoms with Crippen molar-refractivity contribution in [3.8, 4) is 0 Å². The van der Waals surface area contributed by atoms with Gasteiger partial charge >= 0.3 is 0 Å². The summed E-state index contributed by atoms with van der Waals surface area (Å²) in [5.41, 5.74) is 0. The Kier molecular flexibility index (Phi) is 5.19. The van der Waals surface area contributed by atoms with Crippen molar-refractivity contribution in [3.63, 3.8) is 0 Å². The van der Waals surface area contributed by atoms with E-state index in [1.165, 1.54) is 17.7 Å². The Balaban J connectivity index is 1.42. The van der Waals surface area contributed by atoms with E-state index in [1.807, 2.05) is 11.8 Å². The topological polar surface area (TPSA) is 24.1 Å². The Morgan fingerprint density at radius 1 is 1.06 bits per heavy atom. The van der Waals surface area contributed by atoms with Crippen molar-refractivity contribution < 1.29 is 0 Å². The third kappa shape index (κ3) is 5.01. The van der Waals surface area contributed by atoms with Crippen LogP contribution in [0.15, 0.2) is 35.2 Å². The minimum atomic E-state index is 0.834. The molecule has 0 heterocycles. The fourth-order valence-electron chi connectivity index (χ4n) is 1.53. The van der Waals surface area contributed by atoms with Crippen LogP contribution < -0.4 is 10.6 Å². The number of thioether (sulfide) groups is 1. The molecular weight excluding hydrogens is 216 g/mol. The van der Waals surface area contributed by atoms with Crippen LogP contribution in [-0.4, -0.2) is 31.4 Å². The van der Waals surface area contributed by atoms with Crippen molar-refractivity contribution >= 4 is 11.8 Å². The number of nitrogens with one attached hydrogen (secondary N) is 2. The molecule has 1 fully saturated rings. The van der Waals surface area contributed by atoms with Gasteiger partial charge in [0.2, 0.25) is 0 Å². The molecule has 88 valence electrons. The summed E-state index contributed by atoms with van der Waals surface area (Å²) >= 11 is 1.91. The maximum Gasteiger partial charge on any atom is 0.0106 e. The summed E-state index contributed by atoms with van der Waals surface area (Å²) < 4.78 is 0. The zero-order valence-electron chi connectivity index (χ0n) is 9.61. The van der Waals surface area contributed by atoms with Crippen molar-refractivity contribution in [3.05, 3.63) is 30.3 Å². The van der Waals surface area contributed by atoms with E-state index < -0.39 is 0 Å². The maximum absolute atomic E-state index is 3.50. The molecule has 0 aliphatic heterocycles. The average molecular weight is 236 g/mol. The molecule has 1 aliphatic rings. The predicted octanol–water partition coefficient (Wildman–Crippen LogP) is 2.12. The number of rotatable bonds is 8. The second-order valence-electron chi connectivity index (χ2n) is 4.14. The molecule has 0 amide bonds. The summed E-state index contributed by atoms with van der Waals surface area (Å²) in [7, 11) is 0. The van der Waals surface area contributed by atoms with Crippen molar-refractivity contribution in [2.75, 3.05) is 25.4 Å². The third-order valence-corrected chi connectivity index (χ3v) is 3.62. The normalized spacial score (nSPS) is 15.2. The van der Waals surface area contributed by atoms with Crippen LogP contribution in [0.3, 0.4) is 0 Å². The van der Waals surface area contributed by atoms with Crippen LogP contribution >= 0.6 is 11.8 Å². The van der Waals surface area contributed by atoms with E-state index in [-0.39, 0.29) is 0 Å². The van der Waals surface area contributed by atoms with E-state index in [0.717, 1.165) is 31.4 Å². The molecule has 2 rings (SSSR count). The second kappa shape index (κ2) is 6.94. The van der Waals surface area contributed by atoms with Gasteiger partial charge in [-0.05, 0) is 25.0 Å². The monoisotopic (exact) mass is 236 g/mol. The van der Waals surface area contributed by atoms with E-state index in [2.05, 4.69) is 41.0 Å². The molecule has 0 atom stereocenters. The van der Waals surface area contributed by atoms with Gasteiger partial charge in [0.25, 0.3) is 0 Å². The third-order valence-electron chi connectivity index (χ3n) is 2.60. The van der Waals surface area contributed by atoms with Crippen LogP contribution in [-0.2, 0) is 0 Å². The quantitative estimate of drug-likeness (QED) is 0.534. The van der Waals surface area contributed by atoms with Crippen molar-refractivity contribution in [1.82, 2.24) is 10.6 Å². The van der Waals surface area contributed by atoms with Crippen molar-refractivity contribution in [1.29, 1.82) is 0 Å². The van der Waals surface area contributed by atoms with Gasteiger partial charge in [0.05, 0.1) is 0 Å². The lowest BCUT2D eigenvalue weighted by molar-refractivity contribution is 0.624. The van der Waals surface area contributed by atoms with Gasteiger partial charge in [0.1, 0.15) is 0 Å². The Labute approximate surface area is 102 Å². The van der Waals surface area contributed by atoms with E-state index >= 15 is 0 Å². The smallest absolute Gasteiger partial charge is 0.0106 e. The molecular formula is C13H20N2S. The van der Waals surface area contributed by atoms with E-state index in [4.69, 9.17) is 0 Å². The van der Waals surface area contributed by atoms with Crippen molar-refractivity contribution in [2.45, 2.75) is 23.8 Å². The van der Waals surface area contributed by atoms with Gasteiger partial charge in [-0.25, -0.2) is 0 Å². The molecule has 0 aromatic heterocycles. The lowest BCUT2D eigenvalue weighted by Crippen LogP contribution is -2.29. The highest BCUT2D eigenvalue weighted by Crippen LogP contribution is 2.18. The van der Waals surface area contributed by atoms with Crippen molar-refractivity contribution in [2.24, 2.45) is 0 Å². The molecule has 0 unspecified atom stereocenters. The van der Waals surface area contributed by atoms with E-state index in [9.17, 15) is 0 Å². The highest BCUT2D eigenvalue weighted by molar-refractivity contribution is 7.99. The zero-order chi connectivity index (χ0) is 11.1. The number of hydrogen-bond donors (Lipinski definition) is 2. The van der Waals surface area contributed by atoms with Crippen LogP contribution in [0, 0.1) is 0 Å². The number of hydrogen-bond acceptors (Lipinski definition) is 3. The fourth-order valence-corrected chi connectivity index (χ4v) is 2.37.